The van der Waals surface area contributed by atoms with Crippen molar-refractivity contribution in [3.8, 4) is 5.75 Å². The summed E-state index contributed by atoms with van der Waals surface area (Å²) in [5, 5.41) is 0.947. The first-order chi connectivity index (χ1) is 16.5. The van der Waals surface area contributed by atoms with E-state index >= 15 is 0 Å². The number of ether oxygens (including phenoxy) is 5. The number of hydrogen-bond acceptors (Lipinski definition) is 8. The van der Waals surface area contributed by atoms with Gasteiger partial charge < -0.3 is 28.6 Å². The summed E-state index contributed by atoms with van der Waals surface area (Å²) in [5.74, 6) is 1.28. The summed E-state index contributed by atoms with van der Waals surface area (Å²) < 4.78 is 28.8. The van der Waals surface area contributed by atoms with Crippen LogP contribution in [0.15, 0.2) is 30.3 Å². The summed E-state index contributed by atoms with van der Waals surface area (Å²) in [6, 6.07) is 10.2. The van der Waals surface area contributed by atoms with Gasteiger partial charge in [-0.05, 0) is 43.5 Å². The molecule has 2 heterocycles. The molecule has 1 aromatic carbocycles. The van der Waals surface area contributed by atoms with Crippen LogP contribution in [0.1, 0.15) is 35.0 Å². The van der Waals surface area contributed by atoms with Gasteiger partial charge in [-0.3, -0.25) is 0 Å². The average Bonchev–Trinajstić information content (AvgIpc) is 3.51. The molecule has 0 saturated heterocycles. The molecule has 0 radical (unpaired) electrons. The van der Waals surface area contributed by atoms with E-state index in [1.54, 1.807) is 0 Å². The van der Waals surface area contributed by atoms with Gasteiger partial charge in [-0.15, -0.1) is 11.3 Å². The molecule has 2 aliphatic rings. The molecule has 0 atom stereocenters. The summed E-state index contributed by atoms with van der Waals surface area (Å²) in [6.07, 6.45) is 4.29. The van der Waals surface area contributed by atoms with E-state index in [1.165, 1.54) is 24.0 Å². The number of hydrogen-bond donors (Lipinski definition) is 0. The summed E-state index contributed by atoms with van der Waals surface area (Å²) in [5.41, 5.74) is 1.38. The molecule has 0 spiro atoms. The first-order valence-electron chi connectivity index (χ1n) is 11.7. The van der Waals surface area contributed by atoms with Gasteiger partial charge in [0.25, 0.3) is 0 Å². The van der Waals surface area contributed by atoms with Crippen LogP contribution in [0, 0.1) is 0 Å². The zero-order valence-electron chi connectivity index (χ0n) is 20.1. The van der Waals surface area contributed by atoms with Gasteiger partial charge >= 0.3 is 5.97 Å². The van der Waals surface area contributed by atoms with E-state index in [0.717, 1.165) is 34.1 Å². The number of carbonyl (C=O) groups is 1. The van der Waals surface area contributed by atoms with E-state index in [9.17, 15) is 4.79 Å². The Kier molecular flexibility index (Phi) is 8.26. The third-order valence-corrected chi connectivity index (χ3v) is 7.12. The van der Waals surface area contributed by atoms with Crippen LogP contribution in [0.3, 0.4) is 0 Å². The molecular formula is C26H33NO6S. The lowest BCUT2D eigenvalue weighted by Crippen LogP contribution is -2.35. The highest BCUT2D eigenvalue weighted by Crippen LogP contribution is 2.48. The fourth-order valence-electron chi connectivity index (χ4n) is 4.00. The average molecular weight is 488 g/mol. The third-order valence-electron chi connectivity index (χ3n) is 6.07. The lowest BCUT2D eigenvalue weighted by molar-refractivity contribution is 0.0124. The number of esters is 1. The number of rotatable bonds is 13. The van der Waals surface area contributed by atoms with Gasteiger partial charge in [0, 0.05) is 30.5 Å². The Balaban J connectivity index is 1.36. The van der Waals surface area contributed by atoms with Crippen LogP contribution in [0.2, 0.25) is 0 Å². The Morgan fingerprint density at radius 3 is 2.44 bits per heavy atom. The molecule has 0 unspecified atom stereocenters. The van der Waals surface area contributed by atoms with Crippen molar-refractivity contribution in [3.63, 3.8) is 0 Å². The van der Waals surface area contributed by atoms with Crippen LogP contribution >= 0.6 is 11.3 Å². The van der Waals surface area contributed by atoms with Crippen LogP contribution in [0.4, 0.5) is 0 Å². The van der Waals surface area contributed by atoms with Crippen molar-refractivity contribution < 1.29 is 28.5 Å². The van der Waals surface area contributed by atoms with Crippen LogP contribution in [-0.2, 0) is 24.4 Å². The Hall–Kier alpha value is -2.39. The largest absolute Gasteiger partial charge is 0.465 e. The predicted octanol–water partition coefficient (Wildman–Crippen LogP) is 2.51. The standard InChI is InChI=1S/C26H33NO6S/c1-4-30-11-12-31-13-14-32-18-26(9-10-26)19-5-7-20(8-6-19)33-22-16-27(2)17-24-21(22)15-23(34-24)25(28)29-3/h5-8,15,17H,4,9-14,16,18H2,1-3H3. The Morgan fingerprint density at radius 1 is 1.06 bits per heavy atom. The van der Waals surface area contributed by atoms with Crippen molar-refractivity contribution in [2.75, 3.05) is 60.3 Å². The van der Waals surface area contributed by atoms with Gasteiger partial charge in [0.2, 0.25) is 0 Å². The lowest BCUT2D eigenvalue weighted by atomic mass is 9.97. The van der Waals surface area contributed by atoms with E-state index in [2.05, 4.69) is 17.0 Å². The van der Waals surface area contributed by atoms with Crippen molar-refractivity contribution in [3.05, 3.63) is 50.5 Å². The molecule has 0 bridgehead atoms. The minimum absolute atomic E-state index is 0.104. The molecule has 1 aromatic heterocycles. The summed E-state index contributed by atoms with van der Waals surface area (Å²) in [7, 11) is 3.39. The molecule has 8 heteroatoms. The Bertz CT molecular complexity index is 1090. The van der Waals surface area contributed by atoms with Gasteiger partial charge in [-0.25, -0.2) is 4.79 Å². The molecular weight excluding hydrogens is 454 g/mol. The number of methoxy groups -OCH3 is 1. The SMILES string of the molecule is CCOCCOCCOCC1(c2ccc(OC3=c4cc(C(=O)OC)sc4=CN(C)C3)cc2)CC1. The molecule has 184 valence electrons. The molecule has 0 N–H and O–H groups in total. The van der Waals surface area contributed by atoms with Crippen molar-refractivity contribution in [1.82, 2.24) is 4.90 Å². The smallest absolute Gasteiger partial charge is 0.348 e. The second-order valence-corrected chi connectivity index (χ2v) is 9.70. The van der Waals surface area contributed by atoms with Gasteiger partial charge in [0.1, 0.15) is 16.4 Å². The van der Waals surface area contributed by atoms with E-state index in [-0.39, 0.29) is 11.4 Å². The van der Waals surface area contributed by atoms with Crippen molar-refractivity contribution in [2.24, 2.45) is 0 Å². The second kappa shape index (κ2) is 11.4. The highest BCUT2D eigenvalue weighted by Gasteiger charge is 2.44. The molecule has 7 nitrogen and oxygen atoms in total. The number of likely N-dealkylation sites (N-methyl/N-ethyl adjacent to an activating group) is 1. The molecule has 1 aliphatic heterocycles. The predicted molar refractivity (Wildman–Crippen MR) is 132 cm³/mol. The van der Waals surface area contributed by atoms with Gasteiger partial charge in [-0.2, -0.15) is 0 Å². The Morgan fingerprint density at radius 2 is 1.76 bits per heavy atom. The maximum atomic E-state index is 12.0. The topological polar surface area (TPSA) is 66.5 Å². The van der Waals surface area contributed by atoms with E-state index in [4.69, 9.17) is 23.7 Å². The number of benzene rings is 1. The van der Waals surface area contributed by atoms with Gasteiger partial charge in [0.05, 0.1) is 51.2 Å². The minimum atomic E-state index is -0.326. The number of thiophene rings is 1. The molecule has 4 rings (SSSR count). The Labute approximate surface area is 204 Å². The quantitative estimate of drug-likeness (QED) is 0.318. The van der Waals surface area contributed by atoms with Crippen molar-refractivity contribution in [2.45, 2.75) is 25.2 Å². The minimum Gasteiger partial charge on any atom is -0.465 e. The van der Waals surface area contributed by atoms with E-state index < -0.39 is 0 Å². The van der Waals surface area contributed by atoms with Crippen LogP contribution in [-0.4, -0.2) is 71.2 Å². The summed E-state index contributed by atoms with van der Waals surface area (Å²) >= 11 is 1.41. The molecule has 34 heavy (non-hydrogen) atoms. The fourth-order valence-corrected chi connectivity index (χ4v) is 5.10. The fraction of sp³-hybridized carbons (Fsp3) is 0.500. The van der Waals surface area contributed by atoms with Crippen LogP contribution < -0.4 is 14.5 Å². The zero-order valence-corrected chi connectivity index (χ0v) is 20.9. The van der Waals surface area contributed by atoms with E-state index in [0.29, 0.717) is 51.1 Å². The maximum absolute atomic E-state index is 12.0. The van der Waals surface area contributed by atoms with Gasteiger partial charge in [0.15, 0.2) is 0 Å². The zero-order chi connectivity index (χ0) is 24.0. The van der Waals surface area contributed by atoms with Gasteiger partial charge in [-0.1, -0.05) is 12.1 Å². The number of carbonyl (C=O) groups excluding carboxylic acids is 1. The molecule has 2 aromatic rings. The second-order valence-electron chi connectivity index (χ2n) is 8.62. The normalized spacial score (nSPS) is 16.1. The first-order valence-corrected chi connectivity index (χ1v) is 12.5. The number of nitrogens with zero attached hydrogens (tertiary/aromatic N) is 1. The summed E-state index contributed by atoms with van der Waals surface area (Å²) in [4.78, 5) is 14.6. The monoisotopic (exact) mass is 487 g/mol. The van der Waals surface area contributed by atoms with Crippen molar-refractivity contribution in [1.29, 1.82) is 0 Å². The van der Waals surface area contributed by atoms with Crippen molar-refractivity contribution >= 4 is 29.3 Å². The van der Waals surface area contributed by atoms with Crippen LogP contribution in [0.5, 0.6) is 5.75 Å². The molecule has 1 saturated carbocycles. The highest BCUT2D eigenvalue weighted by molar-refractivity contribution is 7.11. The third kappa shape index (κ3) is 5.99. The lowest BCUT2D eigenvalue weighted by Gasteiger charge is -2.21. The van der Waals surface area contributed by atoms with Crippen LogP contribution in [0.25, 0.3) is 12.0 Å². The first kappa shape index (κ1) is 24.7. The maximum Gasteiger partial charge on any atom is 0.348 e. The van der Waals surface area contributed by atoms with E-state index in [1.807, 2.05) is 38.4 Å². The summed E-state index contributed by atoms with van der Waals surface area (Å²) in [6.45, 7) is 6.44. The molecule has 0 amide bonds. The highest BCUT2D eigenvalue weighted by atomic mass is 32.1. The number of fused-ring (bicyclic) bond motifs is 1. The molecule has 1 fully saturated rings. The molecule has 1 aliphatic carbocycles.